The first-order valence-electron chi connectivity index (χ1n) is 8.15. The van der Waals surface area contributed by atoms with Gasteiger partial charge in [0.25, 0.3) is 15.9 Å². The highest BCUT2D eigenvalue weighted by Crippen LogP contribution is 2.44. The van der Waals surface area contributed by atoms with Crippen molar-refractivity contribution in [1.29, 1.82) is 0 Å². The number of aliphatic carboxylic acids is 1. The van der Waals surface area contributed by atoms with E-state index in [9.17, 15) is 22.0 Å². The zero-order valence-electron chi connectivity index (χ0n) is 14.4. The Bertz CT molecular complexity index is 1010. The van der Waals surface area contributed by atoms with Gasteiger partial charge in [0.2, 0.25) is 0 Å². The molecular formula is C19H17F2NO4S. The fourth-order valence-electron chi connectivity index (χ4n) is 3.01. The fourth-order valence-corrected chi connectivity index (χ4v) is 4.49. The van der Waals surface area contributed by atoms with Crippen molar-refractivity contribution in [3.05, 3.63) is 65.7 Å². The molecule has 27 heavy (non-hydrogen) atoms. The second-order valence-electron chi connectivity index (χ2n) is 6.26. The average Bonchev–Trinajstić information content (AvgIpc) is 2.70. The van der Waals surface area contributed by atoms with E-state index in [1.54, 1.807) is 19.1 Å². The van der Waals surface area contributed by atoms with Gasteiger partial charge < -0.3 is 5.11 Å². The smallest absolute Gasteiger partial charge is 0.328 e. The van der Waals surface area contributed by atoms with Crippen LogP contribution in [0.25, 0.3) is 5.57 Å². The molecule has 142 valence electrons. The van der Waals surface area contributed by atoms with Crippen LogP contribution in [-0.4, -0.2) is 32.0 Å². The summed E-state index contributed by atoms with van der Waals surface area (Å²) in [6, 6.07) is 11.8. The molecule has 0 radical (unpaired) electrons. The molecular weight excluding hydrogens is 376 g/mol. The maximum atomic E-state index is 14.6. The fraction of sp³-hybridized carbons (Fsp3) is 0.211. The highest BCUT2D eigenvalue weighted by atomic mass is 32.2. The summed E-state index contributed by atoms with van der Waals surface area (Å²) in [4.78, 5) is 11.1. The van der Waals surface area contributed by atoms with Gasteiger partial charge in [-0.2, -0.15) is 0 Å². The minimum absolute atomic E-state index is 0.0168. The molecule has 1 N–H and O–H groups in total. The first kappa shape index (κ1) is 19.0. The first-order chi connectivity index (χ1) is 12.6. The number of fused-ring (bicyclic) bond motifs is 1. The van der Waals surface area contributed by atoms with Crippen molar-refractivity contribution in [1.82, 2.24) is 0 Å². The topological polar surface area (TPSA) is 74.7 Å². The van der Waals surface area contributed by atoms with Gasteiger partial charge in [-0.15, -0.1) is 0 Å². The number of carbonyl (C=O) groups is 1. The molecule has 8 heteroatoms. The molecule has 0 aliphatic carbocycles. The number of aryl methyl sites for hydroxylation is 1. The summed E-state index contributed by atoms with van der Waals surface area (Å²) in [6.45, 7) is 1.33. The lowest BCUT2D eigenvalue weighted by Crippen LogP contribution is -2.33. The average molecular weight is 393 g/mol. The van der Waals surface area contributed by atoms with Gasteiger partial charge in [-0.05, 0) is 25.1 Å². The van der Waals surface area contributed by atoms with E-state index in [1.807, 2.05) is 0 Å². The van der Waals surface area contributed by atoms with Crippen molar-refractivity contribution in [2.45, 2.75) is 24.2 Å². The molecule has 1 aliphatic heterocycles. The Morgan fingerprint density at radius 3 is 2.41 bits per heavy atom. The van der Waals surface area contributed by atoms with Crippen molar-refractivity contribution in [3.8, 4) is 0 Å². The van der Waals surface area contributed by atoms with Gasteiger partial charge >= 0.3 is 5.97 Å². The number of anilines is 1. The first-order valence-corrected chi connectivity index (χ1v) is 9.59. The SMILES string of the molecule is Cc1ccc(S(=O)(=O)N2CCC(F)(F)/C(=C/C(=O)O)c3ccccc32)cc1. The largest absolute Gasteiger partial charge is 0.478 e. The second kappa shape index (κ2) is 6.77. The van der Waals surface area contributed by atoms with Crippen molar-refractivity contribution in [2.75, 3.05) is 10.8 Å². The van der Waals surface area contributed by atoms with E-state index in [0.29, 0.717) is 6.08 Å². The molecule has 3 rings (SSSR count). The Kier molecular flexibility index (Phi) is 4.77. The number of para-hydroxylation sites is 1. The van der Waals surface area contributed by atoms with E-state index in [1.165, 1.54) is 36.4 Å². The molecule has 0 saturated heterocycles. The van der Waals surface area contributed by atoms with Crippen molar-refractivity contribution in [2.24, 2.45) is 0 Å². The quantitative estimate of drug-likeness (QED) is 0.807. The highest BCUT2D eigenvalue weighted by Gasteiger charge is 2.42. The molecule has 1 heterocycles. The highest BCUT2D eigenvalue weighted by molar-refractivity contribution is 7.92. The van der Waals surface area contributed by atoms with Crippen LogP contribution in [0, 0.1) is 6.92 Å². The van der Waals surface area contributed by atoms with Gasteiger partial charge in [-0.25, -0.2) is 22.0 Å². The van der Waals surface area contributed by atoms with Gasteiger partial charge in [-0.3, -0.25) is 4.31 Å². The minimum Gasteiger partial charge on any atom is -0.478 e. The molecule has 2 aromatic carbocycles. The number of carboxylic acids is 1. The molecule has 2 aromatic rings. The molecule has 0 saturated carbocycles. The third-order valence-electron chi connectivity index (χ3n) is 4.36. The Balaban J connectivity index is 2.21. The van der Waals surface area contributed by atoms with E-state index >= 15 is 0 Å². The molecule has 0 bridgehead atoms. The lowest BCUT2D eigenvalue weighted by molar-refractivity contribution is -0.131. The summed E-state index contributed by atoms with van der Waals surface area (Å²) in [5.74, 6) is -5.00. The van der Waals surface area contributed by atoms with E-state index in [2.05, 4.69) is 0 Å². The number of sulfonamides is 1. The van der Waals surface area contributed by atoms with Gasteiger partial charge in [0.15, 0.2) is 0 Å². The van der Waals surface area contributed by atoms with Crippen LogP contribution < -0.4 is 4.31 Å². The monoisotopic (exact) mass is 393 g/mol. The van der Waals surface area contributed by atoms with Crippen LogP contribution in [0.3, 0.4) is 0 Å². The van der Waals surface area contributed by atoms with Crippen molar-refractivity contribution >= 4 is 27.3 Å². The zero-order chi connectivity index (χ0) is 19.8. The molecule has 0 fully saturated rings. The molecule has 1 aliphatic rings. The van der Waals surface area contributed by atoms with Crippen LogP contribution in [0.15, 0.2) is 59.5 Å². The van der Waals surface area contributed by atoms with E-state index < -0.39 is 40.5 Å². The number of rotatable bonds is 3. The van der Waals surface area contributed by atoms with Crippen LogP contribution in [0.1, 0.15) is 17.5 Å². The summed E-state index contributed by atoms with van der Waals surface area (Å²) < 4.78 is 56.4. The van der Waals surface area contributed by atoms with Crippen LogP contribution in [-0.2, 0) is 14.8 Å². The summed E-state index contributed by atoms with van der Waals surface area (Å²) >= 11 is 0. The molecule has 0 unspecified atom stereocenters. The van der Waals surface area contributed by atoms with Gasteiger partial charge in [0, 0.05) is 30.2 Å². The third-order valence-corrected chi connectivity index (χ3v) is 6.19. The molecule has 0 atom stereocenters. The number of alkyl halides is 2. The Morgan fingerprint density at radius 2 is 1.78 bits per heavy atom. The number of allylic oxidation sites excluding steroid dienone is 1. The minimum atomic E-state index is -4.09. The lowest BCUT2D eigenvalue weighted by atomic mass is 9.97. The van der Waals surface area contributed by atoms with E-state index in [-0.39, 0.29) is 16.1 Å². The zero-order valence-corrected chi connectivity index (χ0v) is 15.2. The van der Waals surface area contributed by atoms with Crippen molar-refractivity contribution in [3.63, 3.8) is 0 Å². The molecule has 0 aromatic heterocycles. The van der Waals surface area contributed by atoms with Crippen molar-refractivity contribution < 1.29 is 27.1 Å². The molecule has 5 nitrogen and oxygen atoms in total. The number of hydrogen-bond donors (Lipinski definition) is 1. The maximum absolute atomic E-state index is 14.6. The lowest BCUT2D eigenvalue weighted by Gasteiger charge is -2.24. The molecule has 0 amide bonds. The number of nitrogens with zero attached hydrogens (tertiary/aromatic N) is 1. The number of halogens is 2. The number of hydrogen-bond acceptors (Lipinski definition) is 3. The summed E-state index contributed by atoms with van der Waals surface area (Å²) in [5.41, 5.74) is 0.0801. The second-order valence-corrected chi connectivity index (χ2v) is 8.12. The number of carboxylic acid groups (broad SMARTS) is 1. The van der Waals surface area contributed by atoms with E-state index in [0.717, 1.165) is 9.87 Å². The molecule has 0 spiro atoms. The van der Waals surface area contributed by atoms with E-state index in [4.69, 9.17) is 5.11 Å². The normalized spacial score (nSPS) is 18.0. The summed E-state index contributed by atoms with van der Waals surface area (Å²) in [6.07, 6.45) is -0.382. The Morgan fingerprint density at radius 1 is 1.15 bits per heavy atom. The Labute approximate surface area is 155 Å². The predicted molar refractivity (Wildman–Crippen MR) is 97.3 cm³/mol. The van der Waals surface area contributed by atoms with Crippen LogP contribution in [0.2, 0.25) is 0 Å². The van der Waals surface area contributed by atoms with Crippen LogP contribution in [0.5, 0.6) is 0 Å². The van der Waals surface area contributed by atoms with Gasteiger partial charge in [-0.1, -0.05) is 35.9 Å². The third kappa shape index (κ3) is 3.57. The van der Waals surface area contributed by atoms with Crippen LogP contribution >= 0.6 is 0 Å². The summed E-state index contributed by atoms with van der Waals surface area (Å²) in [7, 11) is -4.09. The predicted octanol–water partition coefficient (Wildman–Crippen LogP) is 3.70. The summed E-state index contributed by atoms with van der Waals surface area (Å²) in [5, 5.41) is 9.00. The van der Waals surface area contributed by atoms with Gasteiger partial charge in [0.1, 0.15) is 0 Å². The van der Waals surface area contributed by atoms with Gasteiger partial charge in [0.05, 0.1) is 10.6 Å². The van der Waals surface area contributed by atoms with Crippen LogP contribution in [0.4, 0.5) is 14.5 Å². The standard InChI is InChI=1S/C19H17F2NO4S/c1-13-6-8-14(9-7-13)27(25,26)22-11-10-19(20,21)16(12-18(23)24)15-4-2-3-5-17(15)22/h2-9,12H,10-11H2,1H3,(H,23,24)/b16-12+. The number of benzene rings is 2. The Hall–Kier alpha value is -2.74. The maximum Gasteiger partial charge on any atom is 0.328 e.